The normalized spacial score (nSPS) is 31.0. The molecular weight excluding hydrogens is 989 g/mol. The van der Waals surface area contributed by atoms with Crippen molar-refractivity contribution in [2.75, 3.05) is 31.0 Å². The van der Waals surface area contributed by atoms with Gasteiger partial charge >= 0.3 is 12.2 Å². The van der Waals surface area contributed by atoms with E-state index in [2.05, 4.69) is 36.4 Å². The molecule has 8 atom stereocenters. The first-order chi connectivity index (χ1) is 35.8. The number of benzene rings is 1. The number of ether oxygens (including phenoxy) is 5. The zero-order chi connectivity index (χ0) is 50.2. The summed E-state index contributed by atoms with van der Waals surface area (Å²) < 4.78 is 80.4. The van der Waals surface area contributed by atoms with Gasteiger partial charge in [0.15, 0.2) is 36.2 Å². The largest absolute Gasteiger partial charge is 0.441 e. The molecule has 7 saturated carbocycles. The van der Waals surface area contributed by atoms with Crippen LogP contribution >= 0.6 is 11.6 Å². The Kier molecular flexibility index (Phi) is 10.5. The minimum atomic E-state index is -1.74. The van der Waals surface area contributed by atoms with Crippen LogP contribution in [0.15, 0.2) is 61.1 Å². The summed E-state index contributed by atoms with van der Waals surface area (Å²) in [6.07, 6.45) is 1.94. The Balaban J connectivity index is 0.746. The molecule has 9 aliphatic rings. The van der Waals surface area contributed by atoms with E-state index in [0.29, 0.717) is 87.1 Å². The van der Waals surface area contributed by atoms with Crippen LogP contribution in [0.4, 0.5) is 46.3 Å². The zero-order valence-electron chi connectivity index (χ0n) is 39.5. The number of hydrogen-bond donors (Lipinski definition) is 5. The van der Waals surface area contributed by atoms with Gasteiger partial charge in [-0.15, -0.1) is 0 Å². The lowest BCUT2D eigenvalue weighted by atomic mass is 9.50. The fourth-order valence-electron chi connectivity index (χ4n) is 11.8. The Labute approximate surface area is 423 Å². The highest BCUT2D eigenvalue weighted by molar-refractivity contribution is 6.31. The number of hydrogen-bond acceptors (Lipinski definition) is 15. The third-order valence-corrected chi connectivity index (χ3v) is 16.1. The van der Waals surface area contributed by atoms with Crippen LogP contribution in [0.3, 0.4) is 0 Å². The van der Waals surface area contributed by atoms with Gasteiger partial charge in [-0.05, 0) is 75.0 Å². The van der Waals surface area contributed by atoms with Crippen LogP contribution in [-0.2, 0) is 30.3 Å². The van der Waals surface area contributed by atoms with E-state index in [1.807, 2.05) is 6.07 Å². The molecule has 5 N–H and O–H groups in total. The molecule has 7 aliphatic carbocycles. The summed E-state index contributed by atoms with van der Waals surface area (Å²) in [5, 5.41) is 24.6. The van der Waals surface area contributed by atoms with E-state index >= 15 is 8.78 Å². The number of halogens is 4. The first-order valence-electron chi connectivity index (χ1n) is 24.7. The molecule has 1 aromatic carbocycles. The lowest BCUT2D eigenvalue weighted by Gasteiger charge is -2.61. The van der Waals surface area contributed by atoms with Crippen molar-refractivity contribution < 1.29 is 46.4 Å². The SMILES string of the molecule is COCc1cn2c(Nc3cc([C@@H]4OC[C@H](OC(=O)NC56CC(C5)C6)[C@H]4F)[nH]n3)nc(C3CC3n3nc(Nc4nc(-c5ccc(F)c(Cl)c5)cc5nccn45)cc3[C@@H]3OC[C@H](OC(=O)NC45CC(C4)C5)[C@@H]3F)cc2n1. The number of nitrogens with zero attached hydrogens (tertiary/aromatic N) is 9. The maximum Gasteiger partial charge on any atom is 0.408 e. The molecule has 0 radical (unpaired) electrons. The maximum absolute atomic E-state index is 16.7. The molecular formula is C49H48ClF3N14O7. The molecule has 4 bridgehead atoms. The smallest absolute Gasteiger partial charge is 0.408 e. The van der Waals surface area contributed by atoms with Crippen molar-refractivity contribution in [1.29, 1.82) is 0 Å². The van der Waals surface area contributed by atoms with Crippen molar-refractivity contribution in [3.05, 3.63) is 94.7 Å². The molecule has 16 rings (SSSR count). The number of methoxy groups -OCH3 is 1. The van der Waals surface area contributed by atoms with E-state index in [9.17, 15) is 14.0 Å². The third-order valence-electron chi connectivity index (χ3n) is 15.8. The van der Waals surface area contributed by atoms with Crippen LogP contribution in [0.1, 0.15) is 91.9 Å². The fraction of sp³-hybridized carbons (Fsp3) is 0.469. The molecule has 0 spiro atoms. The summed E-state index contributed by atoms with van der Waals surface area (Å²) in [6, 6.07) is 10.9. The van der Waals surface area contributed by atoms with Gasteiger partial charge in [-0.25, -0.2) is 42.7 Å². The van der Waals surface area contributed by atoms with Crippen molar-refractivity contribution in [2.24, 2.45) is 11.8 Å². The van der Waals surface area contributed by atoms with Crippen molar-refractivity contribution in [3.8, 4) is 11.3 Å². The molecule has 8 heterocycles. The second-order valence-electron chi connectivity index (χ2n) is 21.0. The summed E-state index contributed by atoms with van der Waals surface area (Å²) >= 11 is 6.17. The number of alkyl carbamates (subject to hydrolysis) is 2. The van der Waals surface area contributed by atoms with Crippen molar-refractivity contribution in [3.63, 3.8) is 0 Å². The van der Waals surface area contributed by atoms with E-state index in [-0.39, 0.29) is 47.9 Å². The van der Waals surface area contributed by atoms with E-state index in [1.54, 1.807) is 63.4 Å². The monoisotopic (exact) mass is 1040 g/mol. The summed E-state index contributed by atoms with van der Waals surface area (Å²) in [6.45, 7) is -0.0672. The van der Waals surface area contributed by atoms with Gasteiger partial charge in [0.05, 0.1) is 59.4 Å². The van der Waals surface area contributed by atoms with Gasteiger partial charge in [-0.3, -0.25) is 18.6 Å². The van der Waals surface area contributed by atoms with Gasteiger partial charge in [0, 0.05) is 72.5 Å². The molecule has 2 saturated heterocycles. The average Bonchev–Trinajstić information content (AvgIpc) is 4.00. The minimum Gasteiger partial charge on any atom is -0.441 e. The number of carbonyl (C=O) groups is 2. The van der Waals surface area contributed by atoms with Gasteiger partial charge in [-0.1, -0.05) is 11.6 Å². The number of nitrogens with one attached hydrogen (secondary N) is 5. The predicted molar refractivity (Wildman–Crippen MR) is 255 cm³/mol. The van der Waals surface area contributed by atoms with Crippen LogP contribution in [0.2, 0.25) is 5.02 Å². The van der Waals surface area contributed by atoms with Crippen molar-refractivity contribution in [2.45, 2.75) is 111 Å². The van der Waals surface area contributed by atoms with Gasteiger partial charge < -0.3 is 45.0 Å². The molecule has 2 aliphatic heterocycles. The molecule has 2 amide bonds. The number of aromatic amines is 1. The number of anilines is 4. The molecule has 6 aromatic heterocycles. The summed E-state index contributed by atoms with van der Waals surface area (Å²) in [5.74, 6) is 1.71. The predicted octanol–water partition coefficient (Wildman–Crippen LogP) is 7.63. The highest BCUT2D eigenvalue weighted by Gasteiger charge is 2.59. The molecule has 384 valence electrons. The number of imidazole rings is 2. The number of amides is 2. The molecule has 2 unspecified atom stereocenters. The minimum absolute atomic E-state index is 0.0653. The van der Waals surface area contributed by atoms with E-state index in [1.165, 1.54) is 12.1 Å². The second-order valence-corrected chi connectivity index (χ2v) is 21.4. The van der Waals surface area contributed by atoms with Crippen LogP contribution < -0.4 is 21.3 Å². The van der Waals surface area contributed by atoms with Crippen LogP contribution in [0.5, 0.6) is 0 Å². The Morgan fingerprint density at radius 2 is 1.53 bits per heavy atom. The Hall–Kier alpha value is -7.02. The first kappa shape index (κ1) is 45.6. The highest BCUT2D eigenvalue weighted by Crippen LogP contribution is 2.58. The second kappa shape index (κ2) is 17.0. The molecule has 7 aromatic rings. The Bertz CT molecular complexity index is 3370. The summed E-state index contributed by atoms with van der Waals surface area (Å²) in [5.41, 5.74) is 3.61. The molecule has 21 nitrogen and oxygen atoms in total. The number of alkyl halides is 2. The number of aromatic nitrogens is 10. The van der Waals surface area contributed by atoms with Crippen LogP contribution in [0.25, 0.3) is 22.6 Å². The highest BCUT2D eigenvalue weighted by atomic mass is 35.5. The third kappa shape index (κ3) is 7.86. The quantitative estimate of drug-likeness (QED) is 0.0664. The number of H-pyrrole nitrogens is 1. The average molecular weight is 1040 g/mol. The number of carbonyl (C=O) groups excluding carboxylic acids is 2. The topological polar surface area (TPSA) is 235 Å². The fourth-order valence-corrected chi connectivity index (χ4v) is 11.9. The summed E-state index contributed by atoms with van der Waals surface area (Å²) in [4.78, 5) is 44.8. The van der Waals surface area contributed by atoms with Crippen molar-refractivity contribution >= 4 is 58.6 Å². The summed E-state index contributed by atoms with van der Waals surface area (Å²) in [7, 11) is 1.57. The number of rotatable bonds is 15. The van der Waals surface area contributed by atoms with Gasteiger partial charge in [0.25, 0.3) is 0 Å². The molecule has 25 heteroatoms. The molecule has 9 fully saturated rings. The lowest BCUT2D eigenvalue weighted by molar-refractivity contribution is -0.0532. The van der Waals surface area contributed by atoms with E-state index in [4.69, 9.17) is 55.3 Å². The molecule has 74 heavy (non-hydrogen) atoms. The van der Waals surface area contributed by atoms with Crippen LogP contribution in [0, 0.1) is 17.7 Å². The Morgan fingerprint density at radius 3 is 2.22 bits per heavy atom. The van der Waals surface area contributed by atoms with Gasteiger partial charge in [0.2, 0.25) is 11.9 Å². The van der Waals surface area contributed by atoms with Gasteiger partial charge in [-0.2, -0.15) is 10.2 Å². The van der Waals surface area contributed by atoms with E-state index < -0.39 is 54.8 Å². The maximum atomic E-state index is 16.7. The number of fused-ring (bicyclic) bond motifs is 2. The standard InChI is InChI=1S/C49H48ClF3N14O7/c1-70-19-25-18-66-39(55-25)10-30(57-45(66)58-36-8-31(62-63-36)42-40(52)34(20-71-42)73-46(68)60-48-12-22(13-48)14-48)26-7-32(26)67-33(43-41(53)35(21-72-43)74-47(69)61-49-15-23(16-49)17-49)11-37(64-67)59-44-56-29(9-38-54-4-5-65(38)44)24-2-3-28(51)27(50)6-24/h2-6,8-11,18,22-23,26,32,34-35,40-43H,7,12-17,19-21H2,1H3,(H,60,68)(H,61,69)(H,56,59,64)(H2,57,58,62,63)/t22?,23?,26?,32?,34-,35-,40+,41-,42-,43-,48?,49?/m0/s1. The van der Waals surface area contributed by atoms with Gasteiger partial charge in [0.1, 0.15) is 29.3 Å². The lowest BCUT2D eigenvalue weighted by Crippen LogP contribution is -2.68. The van der Waals surface area contributed by atoms with Crippen LogP contribution in [-0.4, -0.2) is 117 Å². The van der Waals surface area contributed by atoms with Crippen molar-refractivity contribution in [1.82, 2.24) is 59.3 Å². The van der Waals surface area contributed by atoms with E-state index in [0.717, 1.165) is 38.5 Å². The first-order valence-corrected chi connectivity index (χ1v) is 25.1. The zero-order valence-corrected chi connectivity index (χ0v) is 40.3. The Morgan fingerprint density at radius 1 is 0.838 bits per heavy atom.